The number of rotatable bonds is 45. The molecule has 0 unspecified atom stereocenters. The van der Waals surface area contributed by atoms with Crippen LogP contribution in [0.15, 0.2) is 35.9 Å². The molecule has 0 radical (unpaired) electrons. The number of nitrogens with zero attached hydrogens (tertiary/aromatic N) is 2. The Morgan fingerprint density at radius 3 is 0.972 bits per heavy atom. The van der Waals surface area contributed by atoms with Crippen molar-refractivity contribution in [3.8, 4) is 11.8 Å². The average Bonchev–Trinajstić information content (AvgIpc) is 3.71. The Morgan fingerprint density at radius 2 is 0.634 bits per heavy atom. The first-order valence-corrected chi connectivity index (χ1v) is 31.7. The van der Waals surface area contributed by atoms with Crippen molar-refractivity contribution in [2.45, 2.75) is 331 Å². The summed E-state index contributed by atoms with van der Waals surface area (Å²) in [5.41, 5.74) is 27.1. The van der Waals surface area contributed by atoms with Crippen molar-refractivity contribution in [2.24, 2.45) is 0 Å². The molecule has 0 bridgehead atoms. The third kappa shape index (κ3) is 25.2. The van der Waals surface area contributed by atoms with E-state index in [1.807, 2.05) is 0 Å². The fourth-order valence-corrected chi connectivity index (χ4v) is 11.2. The van der Waals surface area contributed by atoms with Gasteiger partial charge in [-0.2, -0.15) is 0 Å². The lowest BCUT2D eigenvalue weighted by molar-refractivity contribution is -0.344. The summed E-state index contributed by atoms with van der Waals surface area (Å²) >= 11 is 0. The summed E-state index contributed by atoms with van der Waals surface area (Å²) in [4.78, 5) is 0. The molecular weight excluding hydrogens is 857 g/mol. The van der Waals surface area contributed by atoms with Crippen LogP contribution < -0.4 is 0 Å². The molecule has 0 aliphatic carbocycles. The molecule has 0 saturated carbocycles. The van der Waals surface area contributed by atoms with E-state index in [1.165, 1.54) is 266 Å². The summed E-state index contributed by atoms with van der Waals surface area (Å²) in [7, 11) is 0. The number of hydrogen-bond acceptors (Lipinski definition) is 0. The normalized spacial score (nSPS) is 12.6. The van der Waals surface area contributed by atoms with Crippen molar-refractivity contribution in [3.63, 3.8) is 0 Å². The molecule has 2 heteroatoms. The number of aryl methyl sites for hydroxylation is 4. The predicted molar refractivity (Wildman–Crippen MR) is 317 cm³/mol. The van der Waals surface area contributed by atoms with E-state index in [4.69, 9.17) is 0 Å². The van der Waals surface area contributed by atoms with Crippen LogP contribution in [0.4, 0.5) is 0 Å². The quantitative estimate of drug-likeness (QED) is 0.0359. The Kier molecular flexibility index (Phi) is 36.4. The number of unbranched alkanes of at least 4 members (excludes halogenated alkanes) is 31. The summed E-state index contributed by atoms with van der Waals surface area (Å²) in [5, 5.41) is 0. The topological polar surface area (TPSA) is 25.3 Å². The molecule has 0 N–H and O–H groups in total. The predicted octanol–water partition coefficient (Wildman–Crippen LogP) is 22.7. The monoisotopic (exact) mass is 971 g/mol. The summed E-state index contributed by atoms with van der Waals surface area (Å²) in [6, 6.07) is 9.91. The van der Waals surface area contributed by atoms with Crippen molar-refractivity contribution >= 4 is 11.4 Å². The maximum atomic E-state index is 12.7. The van der Waals surface area contributed by atoms with Crippen LogP contribution in [0.5, 0.6) is 0 Å². The van der Waals surface area contributed by atoms with Gasteiger partial charge in [-0.1, -0.05) is 253 Å². The summed E-state index contributed by atoms with van der Waals surface area (Å²) < 4.78 is 1.57. The summed E-state index contributed by atoms with van der Waals surface area (Å²) in [5.74, 6) is 7.39. The smallest absolute Gasteiger partial charge is 0.223 e. The second kappa shape index (κ2) is 41.4. The highest BCUT2D eigenvalue weighted by atomic mass is 15.2. The van der Waals surface area contributed by atoms with E-state index in [9.17, 15) is 5.53 Å². The lowest BCUT2D eigenvalue weighted by atomic mass is 9.87. The van der Waals surface area contributed by atoms with Gasteiger partial charge in [-0.15, -0.1) is 0 Å². The Labute approximate surface area is 442 Å². The number of hydrogen-bond donors (Lipinski definition) is 0. The van der Waals surface area contributed by atoms with Gasteiger partial charge < -0.3 is 5.53 Å². The molecule has 0 amide bonds. The standard InChI is InChI=1S/C69H114N2/c1-8-15-22-25-28-29-30-31-32-33-34-35-36-37-38-39-40-41-44-51-63-58-68(64-54-59(47-18-11-4)66(60(55-64)48-19-12-5)52-45-42-26-23-16-9-2)71(70)69(63)65-56-61(49-20-13-6)67(62(57-65)50-21-14-7)53-46-43-27-24-17-10-3/h54-58H,8-43,45-50,52-53H2,1-7H3. The van der Waals surface area contributed by atoms with Crippen LogP contribution in [-0.4, -0.2) is 4.70 Å². The molecule has 1 heterocycles. The molecule has 2 aromatic carbocycles. The van der Waals surface area contributed by atoms with Gasteiger partial charge in [0.05, 0.1) is 0 Å². The summed E-state index contributed by atoms with van der Waals surface area (Å²) in [6.07, 6.45) is 59.1. The average molecular weight is 972 g/mol. The van der Waals surface area contributed by atoms with Gasteiger partial charge in [-0.05, 0) is 141 Å². The van der Waals surface area contributed by atoms with Crippen molar-refractivity contribution in [2.75, 3.05) is 0 Å². The van der Waals surface area contributed by atoms with Crippen molar-refractivity contribution in [1.29, 1.82) is 0 Å². The van der Waals surface area contributed by atoms with Crippen molar-refractivity contribution in [3.05, 3.63) is 86.0 Å². The second-order valence-electron chi connectivity index (χ2n) is 22.3. The van der Waals surface area contributed by atoms with E-state index >= 15 is 0 Å². The zero-order valence-electron chi connectivity index (χ0n) is 48.4. The van der Waals surface area contributed by atoms with E-state index in [0.29, 0.717) is 0 Å². The van der Waals surface area contributed by atoms with Crippen LogP contribution in [0.2, 0.25) is 0 Å². The highest BCUT2D eigenvalue weighted by molar-refractivity contribution is 5.82. The van der Waals surface area contributed by atoms with Crippen LogP contribution in [-0.2, 0) is 38.5 Å². The van der Waals surface area contributed by atoms with E-state index < -0.39 is 0 Å². The van der Waals surface area contributed by atoms with Gasteiger partial charge in [-0.3, -0.25) is 0 Å². The SMILES string of the molecule is CCCCCCCCCCCCCCCCCCCC#CC1=C(c2cc(CCCC)c(CCCCCCCC)c(CCCC)c2)[N+](=[N-])C(c2cc(CCCC)c(CCCCCCCC)c(CCCC)c2)=C1. The van der Waals surface area contributed by atoms with E-state index in [2.05, 4.69) is 90.6 Å². The van der Waals surface area contributed by atoms with E-state index in [1.54, 1.807) is 15.8 Å². The maximum absolute atomic E-state index is 12.7. The molecule has 0 spiro atoms. The Balaban J connectivity index is 1.90. The largest absolute Gasteiger partial charge is 0.493 e. The number of allylic oxidation sites excluding steroid dienone is 2. The second-order valence-corrected chi connectivity index (χ2v) is 22.3. The van der Waals surface area contributed by atoms with E-state index in [0.717, 1.165) is 66.6 Å². The lowest BCUT2D eigenvalue weighted by Crippen LogP contribution is -2.09. The van der Waals surface area contributed by atoms with Crippen LogP contribution in [0.3, 0.4) is 0 Å². The third-order valence-electron chi connectivity index (χ3n) is 15.8. The first kappa shape index (κ1) is 62.4. The van der Waals surface area contributed by atoms with Gasteiger partial charge in [0.15, 0.2) is 0 Å². The van der Waals surface area contributed by atoms with Gasteiger partial charge in [0.25, 0.3) is 0 Å². The molecule has 0 aromatic heterocycles. The zero-order chi connectivity index (χ0) is 51.0. The Hall–Kier alpha value is -2.92. The van der Waals surface area contributed by atoms with Gasteiger partial charge in [0.2, 0.25) is 11.4 Å². The molecule has 0 fully saturated rings. The third-order valence-corrected chi connectivity index (χ3v) is 15.8. The maximum Gasteiger partial charge on any atom is 0.223 e. The Morgan fingerprint density at radius 1 is 0.338 bits per heavy atom. The van der Waals surface area contributed by atoms with Gasteiger partial charge in [0, 0.05) is 23.6 Å². The van der Waals surface area contributed by atoms with Gasteiger partial charge >= 0.3 is 0 Å². The first-order valence-electron chi connectivity index (χ1n) is 31.7. The van der Waals surface area contributed by atoms with Crippen LogP contribution >= 0.6 is 0 Å². The van der Waals surface area contributed by atoms with Crippen molar-refractivity contribution < 1.29 is 4.70 Å². The van der Waals surface area contributed by atoms with Crippen LogP contribution in [0.1, 0.15) is 337 Å². The minimum absolute atomic E-state index is 0.901. The first-order chi connectivity index (χ1) is 35.0. The fraction of sp³-hybridized carbons (Fsp3) is 0.739. The van der Waals surface area contributed by atoms with Crippen LogP contribution in [0, 0.1) is 11.8 Å². The minimum Gasteiger partial charge on any atom is -0.493 e. The van der Waals surface area contributed by atoms with Gasteiger partial charge in [0.1, 0.15) is 5.57 Å². The van der Waals surface area contributed by atoms with Gasteiger partial charge in [-0.25, -0.2) is 4.70 Å². The molecule has 2 aromatic rings. The van der Waals surface area contributed by atoms with Crippen LogP contribution in [0.25, 0.3) is 16.9 Å². The summed E-state index contributed by atoms with van der Waals surface area (Å²) in [6.45, 7) is 16.3. The van der Waals surface area contributed by atoms with Crippen molar-refractivity contribution in [1.82, 2.24) is 0 Å². The zero-order valence-corrected chi connectivity index (χ0v) is 48.4. The molecule has 2 nitrogen and oxygen atoms in total. The molecule has 1 aliphatic rings. The lowest BCUT2D eigenvalue weighted by Gasteiger charge is -2.20. The minimum atomic E-state index is 0.901. The molecule has 400 valence electrons. The highest BCUT2D eigenvalue weighted by Gasteiger charge is 2.31. The molecule has 1 aliphatic heterocycles. The fourth-order valence-electron chi connectivity index (χ4n) is 11.2. The Bertz CT molecular complexity index is 1770. The number of benzene rings is 2. The molecule has 3 rings (SSSR count). The molecule has 0 atom stereocenters. The molecular formula is C69H114N2. The molecule has 71 heavy (non-hydrogen) atoms. The molecule has 0 saturated heterocycles. The van der Waals surface area contributed by atoms with E-state index in [-0.39, 0.29) is 0 Å². The highest BCUT2D eigenvalue weighted by Crippen LogP contribution is 2.39.